The van der Waals surface area contributed by atoms with Gasteiger partial charge in [-0.25, -0.2) is 9.59 Å². The molecule has 0 radical (unpaired) electrons. The van der Waals surface area contributed by atoms with Gasteiger partial charge in [0, 0.05) is 6.42 Å². The molecule has 6 nitrogen and oxygen atoms in total. The van der Waals surface area contributed by atoms with Crippen LogP contribution in [0.15, 0.2) is 12.1 Å². The summed E-state index contributed by atoms with van der Waals surface area (Å²) in [7, 11) is 0. The van der Waals surface area contributed by atoms with Crippen LogP contribution in [0.25, 0.3) is 0 Å². The standard InChI is InChI=1S/C16H22O6/c1-9-6-11(8-12(17)14(18)19)7-10(2)13(9)21-15(20)22-16(3,4)5/h6-7,12,17H,8H2,1-5H3,(H,18,19)/t12-/m1/s1. The van der Waals surface area contributed by atoms with Crippen LogP contribution in [0.2, 0.25) is 0 Å². The lowest BCUT2D eigenvalue weighted by molar-refractivity contribution is -0.146. The van der Waals surface area contributed by atoms with E-state index in [2.05, 4.69) is 0 Å². The lowest BCUT2D eigenvalue weighted by Gasteiger charge is -2.20. The highest BCUT2D eigenvalue weighted by Gasteiger charge is 2.20. The highest BCUT2D eigenvalue weighted by Crippen LogP contribution is 2.26. The molecule has 0 amide bonds. The first-order chi connectivity index (χ1) is 9.99. The molecule has 1 aromatic carbocycles. The molecule has 0 aliphatic carbocycles. The van der Waals surface area contributed by atoms with Gasteiger partial charge in [0.1, 0.15) is 11.4 Å². The Kier molecular flexibility index (Phi) is 5.54. The Morgan fingerprint density at radius 2 is 1.68 bits per heavy atom. The third-order valence-electron chi connectivity index (χ3n) is 2.81. The minimum absolute atomic E-state index is 0.0102. The number of carboxylic acids is 1. The van der Waals surface area contributed by atoms with E-state index in [4.69, 9.17) is 14.6 Å². The molecule has 122 valence electrons. The average Bonchev–Trinajstić information content (AvgIpc) is 2.31. The monoisotopic (exact) mass is 310 g/mol. The maximum absolute atomic E-state index is 11.7. The van der Waals surface area contributed by atoms with Gasteiger partial charge in [0.2, 0.25) is 0 Å². The molecule has 0 aliphatic heterocycles. The molecule has 0 spiro atoms. The molecular weight excluding hydrogens is 288 g/mol. The molecule has 1 aromatic rings. The summed E-state index contributed by atoms with van der Waals surface area (Å²) in [5.41, 5.74) is 1.34. The minimum atomic E-state index is -1.46. The van der Waals surface area contributed by atoms with Gasteiger partial charge in [-0.15, -0.1) is 0 Å². The second-order valence-corrected chi connectivity index (χ2v) is 6.18. The van der Waals surface area contributed by atoms with Crippen LogP contribution in [0.3, 0.4) is 0 Å². The highest BCUT2D eigenvalue weighted by atomic mass is 16.7. The summed E-state index contributed by atoms with van der Waals surface area (Å²) < 4.78 is 10.3. The van der Waals surface area contributed by atoms with Crippen molar-refractivity contribution < 1.29 is 29.3 Å². The van der Waals surface area contributed by atoms with Crippen molar-refractivity contribution in [2.45, 2.75) is 52.7 Å². The maximum Gasteiger partial charge on any atom is 0.514 e. The summed E-state index contributed by atoms with van der Waals surface area (Å²) in [5, 5.41) is 18.1. The number of carbonyl (C=O) groups is 2. The van der Waals surface area contributed by atoms with Gasteiger partial charge < -0.3 is 19.7 Å². The molecule has 0 heterocycles. The van der Waals surface area contributed by atoms with E-state index in [1.807, 2.05) is 0 Å². The molecule has 1 rings (SSSR count). The molecule has 0 bridgehead atoms. The Morgan fingerprint density at radius 3 is 2.09 bits per heavy atom. The van der Waals surface area contributed by atoms with Crippen molar-refractivity contribution in [2.24, 2.45) is 0 Å². The topological polar surface area (TPSA) is 93.1 Å². The normalized spacial score (nSPS) is 12.6. The second-order valence-electron chi connectivity index (χ2n) is 6.18. The van der Waals surface area contributed by atoms with Crippen LogP contribution in [0.4, 0.5) is 4.79 Å². The van der Waals surface area contributed by atoms with E-state index in [0.29, 0.717) is 22.4 Å². The van der Waals surface area contributed by atoms with Gasteiger partial charge in [0.15, 0.2) is 6.10 Å². The van der Waals surface area contributed by atoms with Crippen LogP contribution in [0, 0.1) is 13.8 Å². The van der Waals surface area contributed by atoms with E-state index >= 15 is 0 Å². The molecule has 6 heteroatoms. The Hall–Kier alpha value is -2.08. The molecule has 0 unspecified atom stereocenters. The van der Waals surface area contributed by atoms with Crippen LogP contribution in [0.5, 0.6) is 5.75 Å². The lowest BCUT2D eigenvalue weighted by atomic mass is 10.0. The molecule has 0 aliphatic rings. The van der Waals surface area contributed by atoms with Gasteiger partial charge in [-0.1, -0.05) is 12.1 Å². The van der Waals surface area contributed by atoms with E-state index in [9.17, 15) is 14.7 Å². The minimum Gasteiger partial charge on any atom is -0.479 e. The SMILES string of the molecule is Cc1cc(C[C@@H](O)C(=O)O)cc(C)c1OC(=O)OC(C)(C)C. The number of hydrogen-bond donors (Lipinski definition) is 2. The van der Waals surface area contributed by atoms with Crippen molar-refractivity contribution in [3.63, 3.8) is 0 Å². The van der Waals surface area contributed by atoms with Crippen LogP contribution in [-0.4, -0.2) is 34.0 Å². The quantitative estimate of drug-likeness (QED) is 0.656. The molecule has 0 saturated heterocycles. The summed E-state index contributed by atoms with van der Waals surface area (Å²) in [5.74, 6) is -0.896. The van der Waals surface area contributed by atoms with Crippen molar-refractivity contribution in [3.05, 3.63) is 28.8 Å². The van der Waals surface area contributed by atoms with Crippen molar-refractivity contribution in [1.82, 2.24) is 0 Å². The summed E-state index contributed by atoms with van der Waals surface area (Å²) in [6, 6.07) is 3.36. The van der Waals surface area contributed by atoms with Crippen LogP contribution in [0.1, 0.15) is 37.5 Å². The average molecular weight is 310 g/mol. The number of carbonyl (C=O) groups excluding carboxylic acids is 1. The maximum atomic E-state index is 11.7. The fourth-order valence-corrected chi connectivity index (χ4v) is 1.98. The van der Waals surface area contributed by atoms with E-state index < -0.39 is 23.8 Å². The fourth-order valence-electron chi connectivity index (χ4n) is 1.98. The van der Waals surface area contributed by atoms with Gasteiger partial charge in [-0.05, 0) is 51.3 Å². The Balaban J connectivity index is 2.91. The van der Waals surface area contributed by atoms with Gasteiger partial charge in [0.25, 0.3) is 0 Å². The third-order valence-corrected chi connectivity index (χ3v) is 2.81. The Morgan fingerprint density at radius 1 is 1.18 bits per heavy atom. The van der Waals surface area contributed by atoms with Gasteiger partial charge in [-0.3, -0.25) is 0 Å². The highest BCUT2D eigenvalue weighted by molar-refractivity contribution is 5.72. The Labute approximate surface area is 129 Å². The number of aliphatic carboxylic acids is 1. The number of benzene rings is 1. The first-order valence-electron chi connectivity index (χ1n) is 6.91. The first-order valence-corrected chi connectivity index (χ1v) is 6.91. The van der Waals surface area contributed by atoms with Gasteiger partial charge in [0.05, 0.1) is 0 Å². The number of ether oxygens (including phenoxy) is 2. The van der Waals surface area contributed by atoms with E-state index in [0.717, 1.165) is 0 Å². The summed E-state index contributed by atoms with van der Waals surface area (Å²) in [4.78, 5) is 22.4. The number of aryl methyl sites for hydroxylation is 2. The van der Waals surface area contributed by atoms with Crippen molar-refractivity contribution in [2.75, 3.05) is 0 Å². The molecule has 22 heavy (non-hydrogen) atoms. The van der Waals surface area contributed by atoms with Gasteiger partial charge >= 0.3 is 12.1 Å². The lowest BCUT2D eigenvalue weighted by Crippen LogP contribution is -2.26. The number of rotatable bonds is 4. The molecule has 1 atom stereocenters. The zero-order valence-electron chi connectivity index (χ0n) is 13.5. The number of hydrogen-bond acceptors (Lipinski definition) is 5. The van der Waals surface area contributed by atoms with Crippen LogP contribution in [-0.2, 0) is 16.0 Å². The third kappa shape index (κ3) is 5.37. The summed E-state index contributed by atoms with van der Waals surface area (Å²) >= 11 is 0. The first kappa shape index (κ1) is 18.0. The molecule has 0 saturated carbocycles. The molecule has 0 aromatic heterocycles. The van der Waals surface area contributed by atoms with Crippen LogP contribution < -0.4 is 4.74 Å². The summed E-state index contributed by atoms with van der Waals surface area (Å²) in [6.45, 7) is 8.70. The number of aliphatic hydroxyl groups is 1. The Bertz CT molecular complexity index is 547. The van der Waals surface area contributed by atoms with Crippen molar-refractivity contribution in [1.29, 1.82) is 0 Å². The van der Waals surface area contributed by atoms with E-state index in [1.165, 1.54) is 0 Å². The van der Waals surface area contributed by atoms with E-state index in [-0.39, 0.29) is 6.42 Å². The predicted molar refractivity (Wildman–Crippen MR) is 80.1 cm³/mol. The smallest absolute Gasteiger partial charge is 0.479 e. The van der Waals surface area contributed by atoms with Crippen LogP contribution >= 0.6 is 0 Å². The fraction of sp³-hybridized carbons (Fsp3) is 0.500. The molecule has 0 fully saturated rings. The van der Waals surface area contributed by atoms with Crippen molar-refractivity contribution >= 4 is 12.1 Å². The molecule has 2 N–H and O–H groups in total. The predicted octanol–water partition coefficient (Wildman–Crippen LogP) is 2.61. The number of carboxylic acid groups (broad SMARTS) is 1. The number of aliphatic hydroxyl groups excluding tert-OH is 1. The largest absolute Gasteiger partial charge is 0.514 e. The summed E-state index contributed by atoms with van der Waals surface area (Å²) in [6.07, 6.45) is -2.27. The van der Waals surface area contributed by atoms with E-state index in [1.54, 1.807) is 46.8 Å². The zero-order valence-corrected chi connectivity index (χ0v) is 13.5. The van der Waals surface area contributed by atoms with Gasteiger partial charge in [-0.2, -0.15) is 0 Å². The second kappa shape index (κ2) is 6.79. The molecular formula is C16H22O6. The van der Waals surface area contributed by atoms with Crippen molar-refractivity contribution in [3.8, 4) is 5.75 Å². The zero-order chi connectivity index (χ0) is 17.1.